The summed E-state index contributed by atoms with van der Waals surface area (Å²) in [6.45, 7) is 2.05. The van der Waals surface area contributed by atoms with E-state index in [0.29, 0.717) is 12.8 Å². The lowest BCUT2D eigenvalue weighted by Crippen LogP contribution is -2.40. The highest BCUT2D eigenvalue weighted by atomic mass is 32.2. The number of nitrogens with two attached hydrogens (primary N) is 2. The standard InChI is InChI=1S/C51H79N2O13PS/c1-3-5-7-9-11-13-15-17-18-19-20-21-22-23-25-27-29-31-33-38-49(57)63-39-43(40-64-67(61,62)65-41-44(52)50(58)59)66-51(60)45(53)42-68-47(46(54)35-34-37-48(55)56)36-32-30-28-26-24-16-14-12-10-8-6-4-2/h5,7,11-14,17-18,20-21,23-26,28-32,36,43-47,54H,3-4,6,8-10,15-16,19,22,27,33-35,37-42,52-53H2,1-2H3,(H,55,56)(H,58,59)(H,61,62)/b7-5-,13-11-,14-12-,18-17-,21-20-,25-23-,26-24-,30-28+,31-29-,36-32+/t43-,44+,45+,46+,47-/m1/s1. The number of hydrogen-bond acceptors (Lipinski definition) is 13. The summed E-state index contributed by atoms with van der Waals surface area (Å²) in [6.07, 6.45) is 49.1. The van der Waals surface area contributed by atoms with Crippen molar-refractivity contribution in [2.45, 2.75) is 146 Å². The minimum atomic E-state index is -4.91. The van der Waals surface area contributed by atoms with Gasteiger partial charge in [0.2, 0.25) is 0 Å². The number of aliphatic carboxylic acids is 2. The van der Waals surface area contributed by atoms with Crippen LogP contribution in [-0.2, 0) is 42.3 Å². The molecule has 0 heterocycles. The number of thioether (sulfide) groups is 1. The molecule has 0 saturated heterocycles. The average Bonchev–Trinajstić information content (AvgIpc) is 3.30. The van der Waals surface area contributed by atoms with Crippen LogP contribution >= 0.6 is 19.6 Å². The molecule has 1 unspecified atom stereocenters. The molecule has 0 fully saturated rings. The molecular formula is C51H79N2O13PS. The Morgan fingerprint density at radius 2 is 1.18 bits per heavy atom. The first kappa shape index (κ1) is 63.6. The number of unbranched alkanes of at least 4 members (excludes halogenated alkanes) is 3. The van der Waals surface area contributed by atoms with E-state index in [4.69, 9.17) is 35.7 Å². The number of carboxylic acids is 2. The third-order valence-corrected chi connectivity index (χ3v) is 11.6. The molecule has 0 bridgehead atoms. The molecule has 0 saturated carbocycles. The van der Waals surface area contributed by atoms with Crippen molar-refractivity contribution < 1.29 is 62.5 Å². The Labute approximate surface area is 409 Å². The number of ether oxygens (including phenoxy) is 2. The number of phosphoric acid groups is 1. The normalized spacial score (nSPS) is 15.9. The van der Waals surface area contributed by atoms with Crippen molar-refractivity contribution in [1.82, 2.24) is 0 Å². The Hall–Kier alpha value is -4.38. The second kappa shape index (κ2) is 43.9. The zero-order valence-electron chi connectivity index (χ0n) is 40.0. The molecule has 0 aliphatic carbocycles. The summed E-state index contributed by atoms with van der Waals surface area (Å²) in [5.74, 6) is -4.16. The van der Waals surface area contributed by atoms with Gasteiger partial charge in [0.1, 0.15) is 18.7 Å². The maximum atomic E-state index is 13.2. The number of esters is 2. The first-order valence-corrected chi connectivity index (χ1v) is 26.0. The van der Waals surface area contributed by atoms with E-state index >= 15 is 0 Å². The van der Waals surface area contributed by atoms with Crippen molar-refractivity contribution in [2.24, 2.45) is 11.5 Å². The summed E-state index contributed by atoms with van der Waals surface area (Å²) in [5.41, 5.74) is 11.5. The summed E-state index contributed by atoms with van der Waals surface area (Å²) < 4.78 is 32.8. The van der Waals surface area contributed by atoms with E-state index in [2.05, 4.69) is 85.2 Å². The number of carbonyl (C=O) groups excluding carboxylic acids is 2. The average molecular weight is 991 g/mol. The van der Waals surface area contributed by atoms with Crippen molar-refractivity contribution in [3.8, 4) is 0 Å². The first-order chi connectivity index (χ1) is 32.7. The highest BCUT2D eigenvalue weighted by molar-refractivity contribution is 8.00. The number of aliphatic hydroxyl groups excluding tert-OH is 1. The molecule has 0 aliphatic heterocycles. The summed E-state index contributed by atoms with van der Waals surface area (Å²) in [7, 11) is -4.91. The monoisotopic (exact) mass is 991 g/mol. The lowest BCUT2D eigenvalue weighted by molar-refractivity contribution is -0.161. The maximum Gasteiger partial charge on any atom is 0.472 e. The summed E-state index contributed by atoms with van der Waals surface area (Å²) in [4.78, 5) is 58.0. The largest absolute Gasteiger partial charge is 0.481 e. The third-order valence-electron chi connectivity index (χ3n) is 9.21. The van der Waals surface area contributed by atoms with Gasteiger partial charge < -0.3 is 41.2 Å². The molecule has 6 atom stereocenters. The van der Waals surface area contributed by atoms with Gasteiger partial charge >= 0.3 is 31.7 Å². The Kier molecular flexibility index (Phi) is 41.0. The molecule has 0 aromatic carbocycles. The van der Waals surface area contributed by atoms with E-state index in [1.165, 1.54) is 19.3 Å². The SMILES string of the molecule is CC/C=C\C/C=C\C/C=C\C/C=C\C/C=C\C/C=C\CCC(=O)OC[C@H](COP(=O)(O)OC[C@H](N)C(=O)O)OC(=O)[C@@H](N)CS[C@H](/C=C/C=C/C=C\C/C=C\CCCCC)[C@@H](O)CCCC(=O)O. The van der Waals surface area contributed by atoms with Crippen LogP contribution < -0.4 is 11.5 Å². The first-order valence-electron chi connectivity index (χ1n) is 23.5. The van der Waals surface area contributed by atoms with E-state index < -0.39 is 81.1 Å². The van der Waals surface area contributed by atoms with Crippen LogP contribution in [0.4, 0.5) is 0 Å². The Bertz CT molecular complexity index is 1740. The van der Waals surface area contributed by atoms with Gasteiger partial charge in [0.05, 0.1) is 19.3 Å². The molecular weight excluding hydrogens is 912 g/mol. The molecule has 68 heavy (non-hydrogen) atoms. The van der Waals surface area contributed by atoms with Crippen molar-refractivity contribution >= 4 is 43.5 Å². The predicted molar refractivity (Wildman–Crippen MR) is 273 cm³/mol. The highest BCUT2D eigenvalue weighted by Crippen LogP contribution is 2.43. The predicted octanol–water partition coefficient (Wildman–Crippen LogP) is 9.70. The summed E-state index contributed by atoms with van der Waals surface area (Å²) in [6, 6.07) is -2.91. The molecule has 15 nitrogen and oxygen atoms in total. The minimum Gasteiger partial charge on any atom is -0.481 e. The number of carboxylic acid groups (broad SMARTS) is 2. The molecule has 0 amide bonds. The second-order valence-electron chi connectivity index (χ2n) is 15.4. The summed E-state index contributed by atoms with van der Waals surface area (Å²) >= 11 is 1.14. The quantitative estimate of drug-likeness (QED) is 0.0109. The Morgan fingerprint density at radius 1 is 0.632 bits per heavy atom. The van der Waals surface area contributed by atoms with Gasteiger partial charge in [-0.25, -0.2) is 4.57 Å². The second-order valence-corrected chi connectivity index (χ2v) is 18.0. The molecule has 0 aromatic heterocycles. The van der Waals surface area contributed by atoms with E-state index in [1.54, 1.807) is 18.2 Å². The van der Waals surface area contributed by atoms with Crippen molar-refractivity contribution in [2.75, 3.05) is 25.6 Å². The fourth-order valence-electron chi connectivity index (χ4n) is 5.40. The van der Waals surface area contributed by atoms with Crippen LogP contribution in [0.15, 0.2) is 122 Å². The zero-order chi connectivity index (χ0) is 50.5. The third kappa shape index (κ3) is 40.7. The van der Waals surface area contributed by atoms with Crippen LogP contribution in [0.25, 0.3) is 0 Å². The number of aliphatic hydroxyl groups is 1. The fraction of sp³-hybridized carbons (Fsp3) is 0.529. The van der Waals surface area contributed by atoms with Crippen LogP contribution in [0.3, 0.4) is 0 Å². The molecule has 0 aliphatic rings. The zero-order valence-corrected chi connectivity index (χ0v) is 41.8. The molecule has 0 rings (SSSR count). The number of carbonyl (C=O) groups is 4. The van der Waals surface area contributed by atoms with Gasteiger partial charge in [0.15, 0.2) is 6.10 Å². The number of rotatable bonds is 42. The van der Waals surface area contributed by atoms with Crippen LogP contribution in [0.5, 0.6) is 0 Å². The Morgan fingerprint density at radius 3 is 1.75 bits per heavy atom. The van der Waals surface area contributed by atoms with Crippen LogP contribution in [0, 0.1) is 0 Å². The highest BCUT2D eigenvalue weighted by Gasteiger charge is 2.30. The van der Waals surface area contributed by atoms with Crippen LogP contribution in [-0.4, -0.2) is 99.2 Å². The molecule has 17 heteroatoms. The van der Waals surface area contributed by atoms with Gasteiger partial charge in [-0.3, -0.25) is 28.2 Å². The van der Waals surface area contributed by atoms with E-state index in [-0.39, 0.29) is 31.4 Å². The van der Waals surface area contributed by atoms with Gasteiger partial charge in [-0.1, -0.05) is 148 Å². The number of allylic oxidation sites excluding steroid dienone is 19. The number of hydrogen-bond donors (Lipinski definition) is 6. The smallest absolute Gasteiger partial charge is 0.472 e. The summed E-state index contributed by atoms with van der Waals surface area (Å²) in [5, 5.41) is 28.4. The Balaban J connectivity index is 5.34. The van der Waals surface area contributed by atoms with Gasteiger partial charge in [0.25, 0.3) is 0 Å². The van der Waals surface area contributed by atoms with E-state index in [0.717, 1.165) is 56.7 Å². The number of phosphoric ester groups is 1. The molecule has 0 radical (unpaired) electrons. The van der Waals surface area contributed by atoms with Crippen molar-refractivity contribution in [3.63, 3.8) is 0 Å². The van der Waals surface area contributed by atoms with E-state index in [9.17, 15) is 33.7 Å². The minimum absolute atomic E-state index is 0.0137. The molecule has 0 aromatic rings. The van der Waals surface area contributed by atoms with Gasteiger partial charge in [-0.15, -0.1) is 11.8 Å². The van der Waals surface area contributed by atoms with E-state index in [1.807, 2.05) is 36.5 Å². The topological polar surface area (TPSA) is 255 Å². The molecule has 382 valence electrons. The van der Waals surface area contributed by atoms with Gasteiger partial charge in [-0.05, 0) is 77.0 Å². The maximum absolute atomic E-state index is 13.2. The lowest BCUT2D eigenvalue weighted by Gasteiger charge is -2.23. The van der Waals surface area contributed by atoms with Gasteiger partial charge in [-0.2, -0.15) is 0 Å². The molecule has 8 N–H and O–H groups in total. The fourth-order valence-corrected chi connectivity index (χ4v) is 7.30. The van der Waals surface area contributed by atoms with Crippen molar-refractivity contribution in [1.29, 1.82) is 0 Å². The lowest BCUT2D eigenvalue weighted by atomic mass is 10.1. The van der Waals surface area contributed by atoms with Crippen LogP contribution in [0.2, 0.25) is 0 Å². The van der Waals surface area contributed by atoms with Crippen molar-refractivity contribution in [3.05, 3.63) is 122 Å². The molecule has 0 spiro atoms. The van der Waals surface area contributed by atoms with Gasteiger partial charge in [0, 0.05) is 23.8 Å². The van der Waals surface area contributed by atoms with Crippen LogP contribution in [0.1, 0.15) is 117 Å².